The number of methoxy groups -OCH3 is 1. The normalized spacial score (nSPS) is 11.4. The highest BCUT2D eigenvalue weighted by Crippen LogP contribution is 2.21. The van der Waals surface area contributed by atoms with Crippen molar-refractivity contribution in [3.8, 4) is 0 Å². The molecule has 0 spiro atoms. The standard InChI is InChI=1S/C18H20Cl2N2O4S/c1-26-11-10-22-27(24,25)16-6-3-14(4-7-16)18(23)21-9-8-13-2-5-15(19)12-17(13)20/h2-7,12,22H,8-11H2,1H3,(H,21,23). The summed E-state index contributed by atoms with van der Waals surface area (Å²) >= 11 is 12.0. The van der Waals surface area contributed by atoms with E-state index in [0.29, 0.717) is 28.6 Å². The minimum atomic E-state index is -3.62. The van der Waals surface area contributed by atoms with E-state index < -0.39 is 10.0 Å². The molecule has 0 saturated carbocycles. The van der Waals surface area contributed by atoms with E-state index in [9.17, 15) is 13.2 Å². The third-order valence-corrected chi connectivity index (χ3v) is 5.78. The van der Waals surface area contributed by atoms with E-state index in [4.69, 9.17) is 27.9 Å². The molecule has 2 aromatic carbocycles. The Morgan fingerprint density at radius 3 is 2.41 bits per heavy atom. The Hall–Kier alpha value is -1.64. The summed E-state index contributed by atoms with van der Waals surface area (Å²) in [4.78, 5) is 12.3. The van der Waals surface area contributed by atoms with Crippen LogP contribution in [0.2, 0.25) is 10.0 Å². The smallest absolute Gasteiger partial charge is 0.251 e. The van der Waals surface area contributed by atoms with Crippen molar-refractivity contribution in [1.29, 1.82) is 0 Å². The van der Waals surface area contributed by atoms with Crippen molar-refractivity contribution in [2.24, 2.45) is 0 Å². The van der Waals surface area contributed by atoms with Gasteiger partial charge in [-0.3, -0.25) is 4.79 Å². The van der Waals surface area contributed by atoms with Gasteiger partial charge in [0.25, 0.3) is 5.91 Å². The van der Waals surface area contributed by atoms with Gasteiger partial charge in [0.2, 0.25) is 10.0 Å². The van der Waals surface area contributed by atoms with Crippen LogP contribution in [-0.4, -0.2) is 41.1 Å². The molecule has 0 aliphatic carbocycles. The van der Waals surface area contributed by atoms with Crippen LogP contribution in [0.1, 0.15) is 15.9 Å². The number of rotatable bonds is 9. The predicted molar refractivity (Wildman–Crippen MR) is 106 cm³/mol. The molecule has 0 radical (unpaired) electrons. The first-order valence-electron chi connectivity index (χ1n) is 8.14. The number of hydrogen-bond donors (Lipinski definition) is 2. The quantitative estimate of drug-likeness (QED) is 0.598. The fourth-order valence-corrected chi connectivity index (χ4v) is 3.80. The van der Waals surface area contributed by atoms with Gasteiger partial charge in [-0.2, -0.15) is 0 Å². The molecule has 0 aliphatic heterocycles. The van der Waals surface area contributed by atoms with Gasteiger partial charge in [0.15, 0.2) is 0 Å². The molecule has 0 saturated heterocycles. The van der Waals surface area contributed by atoms with Gasteiger partial charge >= 0.3 is 0 Å². The summed E-state index contributed by atoms with van der Waals surface area (Å²) in [7, 11) is -2.13. The number of benzene rings is 2. The Balaban J connectivity index is 1.91. The Labute approximate surface area is 168 Å². The molecular formula is C18H20Cl2N2O4S. The summed E-state index contributed by atoms with van der Waals surface area (Å²) in [6.45, 7) is 0.838. The number of sulfonamides is 1. The summed E-state index contributed by atoms with van der Waals surface area (Å²) in [5.41, 5.74) is 1.25. The Kier molecular flexibility index (Phi) is 8.07. The average molecular weight is 431 g/mol. The van der Waals surface area contributed by atoms with Gasteiger partial charge in [-0.25, -0.2) is 13.1 Å². The first-order chi connectivity index (χ1) is 12.8. The number of halogens is 2. The Morgan fingerprint density at radius 1 is 1.07 bits per heavy atom. The summed E-state index contributed by atoms with van der Waals surface area (Å²) in [5, 5.41) is 3.88. The van der Waals surface area contributed by atoms with Crippen LogP contribution in [0.15, 0.2) is 47.4 Å². The zero-order valence-electron chi connectivity index (χ0n) is 14.7. The molecule has 9 heteroatoms. The second-order valence-electron chi connectivity index (χ2n) is 5.66. The molecule has 0 heterocycles. The maximum absolute atomic E-state index is 12.2. The zero-order chi connectivity index (χ0) is 19.9. The van der Waals surface area contributed by atoms with Crippen molar-refractivity contribution in [2.75, 3.05) is 26.8 Å². The zero-order valence-corrected chi connectivity index (χ0v) is 17.0. The molecule has 27 heavy (non-hydrogen) atoms. The van der Waals surface area contributed by atoms with E-state index in [1.54, 1.807) is 12.1 Å². The van der Waals surface area contributed by atoms with Gasteiger partial charge in [-0.05, 0) is 48.4 Å². The summed E-state index contributed by atoms with van der Waals surface area (Å²) < 4.78 is 31.4. The number of ether oxygens (including phenoxy) is 1. The molecule has 2 N–H and O–H groups in total. The van der Waals surface area contributed by atoms with E-state index in [2.05, 4.69) is 10.0 Å². The molecular weight excluding hydrogens is 411 g/mol. The Morgan fingerprint density at radius 2 is 1.78 bits per heavy atom. The van der Waals surface area contributed by atoms with Crippen molar-refractivity contribution in [1.82, 2.24) is 10.0 Å². The molecule has 2 aromatic rings. The molecule has 6 nitrogen and oxygen atoms in total. The largest absolute Gasteiger partial charge is 0.383 e. The van der Waals surface area contributed by atoms with Crippen molar-refractivity contribution >= 4 is 39.1 Å². The molecule has 0 aliphatic rings. The SMILES string of the molecule is COCCNS(=O)(=O)c1ccc(C(=O)NCCc2ccc(Cl)cc2Cl)cc1. The molecule has 0 atom stereocenters. The lowest BCUT2D eigenvalue weighted by Crippen LogP contribution is -2.28. The van der Waals surface area contributed by atoms with E-state index in [1.165, 1.54) is 31.4 Å². The Bertz CT molecular complexity index is 887. The van der Waals surface area contributed by atoms with Crippen LogP contribution < -0.4 is 10.0 Å². The molecule has 0 bridgehead atoms. The predicted octanol–water partition coefficient (Wildman–Crippen LogP) is 2.89. The minimum absolute atomic E-state index is 0.0862. The van der Waals surface area contributed by atoms with Gasteiger partial charge in [0, 0.05) is 35.8 Å². The maximum Gasteiger partial charge on any atom is 0.251 e. The van der Waals surface area contributed by atoms with Crippen molar-refractivity contribution in [2.45, 2.75) is 11.3 Å². The summed E-state index contributed by atoms with van der Waals surface area (Å²) in [5.74, 6) is -0.295. The number of amides is 1. The van der Waals surface area contributed by atoms with Crippen LogP contribution in [0.4, 0.5) is 0 Å². The van der Waals surface area contributed by atoms with Crippen LogP contribution in [-0.2, 0) is 21.2 Å². The minimum Gasteiger partial charge on any atom is -0.383 e. The van der Waals surface area contributed by atoms with Gasteiger partial charge in [-0.15, -0.1) is 0 Å². The van der Waals surface area contributed by atoms with E-state index in [0.717, 1.165) is 5.56 Å². The van der Waals surface area contributed by atoms with Crippen molar-refractivity contribution in [3.05, 3.63) is 63.6 Å². The van der Waals surface area contributed by atoms with Crippen LogP contribution in [0.25, 0.3) is 0 Å². The van der Waals surface area contributed by atoms with E-state index in [-0.39, 0.29) is 24.0 Å². The van der Waals surface area contributed by atoms with Gasteiger partial charge in [-0.1, -0.05) is 29.3 Å². The van der Waals surface area contributed by atoms with Crippen LogP contribution in [0.3, 0.4) is 0 Å². The van der Waals surface area contributed by atoms with Gasteiger partial charge < -0.3 is 10.1 Å². The van der Waals surface area contributed by atoms with E-state index in [1.807, 2.05) is 6.07 Å². The first-order valence-corrected chi connectivity index (χ1v) is 10.4. The fourth-order valence-electron chi connectivity index (χ4n) is 2.28. The number of nitrogens with one attached hydrogen (secondary N) is 2. The highest BCUT2D eigenvalue weighted by molar-refractivity contribution is 7.89. The second kappa shape index (κ2) is 10.1. The highest BCUT2D eigenvalue weighted by Gasteiger charge is 2.14. The molecule has 0 aromatic heterocycles. The molecule has 0 fully saturated rings. The molecule has 0 unspecified atom stereocenters. The van der Waals surface area contributed by atoms with Crippen molar-refractivity contribution < 1.29 is 17.9 Å². The lowest BCUT2D eigenvalue weighted by atomic mass is 10.1. The monoisotopic (exact) mass is 430 g/mol. The van der Waals surface area contributed by atoms with Crippen molar-refractivity contribution in [3.63, 3.8) is 0 Å². The number of carbonyl (C=O) groups excluding carboxylic acids is 1. The lowest BCUT2D eigenvalue weighted by Gasteiger charge is -2.09. The summed E-state index contributed by atoms with van der Waals surface area (Å²) in [6, 6.07) is 10.9. The highest BCUT2D eigenvalue weighted by atomic mass is 35.5. The number of carbonyl (C=O) groups is 1. The fraction of sp³-hybridized carbons (Fsp3) is 0.278. The molecule has 146 valence electrons. The third kappa shape index (κ3) is 6.48. The van der Waals surface area contributed by atoms with E-state index >= 15 is 0 Å². The summed E-state index contributed by atoms with van der Waals surface area (Å²) in [6.07, 6.45) is 0.553. The first kappa shape index (κ1) is 21.7. The third-order valence-electron chi connectivity index (χ3n) is 3.72. The van der Waals surface area contributed by atoms with Crippen LogP contribution >= 0.6 is 23.2 Å². The topological polar surface area (TPSA) is 84.5 Å². The maximum atomic E-state index is 12.2. The molecule has 2 rings (SSSR count). The van der Waals surface area contributed by atoms with Gasteiger partial charge in [0.05, 0.1) is 11.5 Å². The number of hydrogen-bond acceptors (Lipinski definition) is 4. The van der Waals surface area contributed by atoms with Crippen LogP contribution in [0.5, 0.6) is 0 Å². The lowest BCUT2D eigenvalue weighted by molar-refractivity contribution is 0.0954. The average Bonchev–Trinajstić information content (AvgIpc) is 2.63. The van der Waals surface area contributed by atoms with Crippen LogP contribution in [0, 0.1) is 0 Å². The molecule has 1 amide bonds. The van der Waals surface area contributed by atoms with Gasteiger partial charge in [0.1, 0.15) is 0 Å². The second-order valence-corrected chi connectivity index (χ2v) is 8.27.